The fraction of sp³-hybridized carbons (Fsp3) is 0.929. The van der Waals surface area contributed by atoms with Crippen molar-refractivity contribution in [1.29, 1.82) is 0 Å². The van der Waals surface area contributed by atoms with Crippen LogP contribution in [0.2, 0.25) is 6.04 Å². The molecule has 118 valence electrons. The number of methoxy groups -OCH3 is 1. The molecule has 1 unspecified atom stereocenters. The second-order valence-corrected chi connectivity index (χ2v) is 8.98. The number of ether oxygens (including phenoxy) is 2. The minimum atomic E-state index is -2.36. The van der Waals surface area contributed by atoms with E-state index < -0.39 is 8.56 Å². The highest BCUT2D eigenvalue weighted by Crippen LogP contribution is 2.42. The Balaban J connectivity index is 2.65. The summed E-state index contributed by atoms with van der Waals surface area (Å²) in [6, 6.07) is 0.961. The predicted molar refractivity (Wildman–Crippen MR) is 78.7 cm³/mol. The van der Waals surface area contributed by atoms with Crippen LogP contribution in [0.4, 0.5) is 0 Å². The third-order valence-electron chi connectivity index (χ3n) is 4.36. The third-order valence-corrected chi connectivity index (χ3v) is 8.78. The number of esters is 1. The molecule has 6 heteroatoms. The van der Waals surface area contributed by atoms with Crippen LogP contribution in [0.3, 0.4) is 0 Å². The van der Waals surface area contributed by atoms with E-state index in [4.69, 9.17) is 18.3 Å². The summed E-state index contributed by atoms with van der Waals surface area (Å²) in [5.41, 5.74) is 0. The number of carbonyl (C=O) groups excluding carboxylic acids is 1. The SMILES string of the molecule is CCC(=O)OCCCC1(OC)CCCC[Si]1(OC)OC. The Bertz CT molecular complexity index is 306. The standard InChI is InChI=1S/C14H28O5Si/c1-5-13(15)19-11-8-10-14(16-2)9-6-7-12-20(14,17-3)18-4/h5-12H2,1-4H3. The van der Waals surface area contributed by atoms with E-state index in [0.717, 1.165) is 38.1 Å². The van der Waals surface area contributed by atoms with Crippen molar-refractivity contribution < 1.29 is 23.1 Å². The summed E-state index contributed by atoms with van der Waals surface area (Å²) in [4.78, 5) is 11.2. The first-order valence-corrected chi connectivity index (χ1v) is 9.43. The van der Waals surface area contributed by atoms with Crippen molar-refractivity contribution >= 4 is 14.5 Å². The van der Waals surface area contributed by atoms with Gasteiger partial charge in [0.25, 0.3) is 0 Å². The lowest BCUT2D eigenvalue weighted by Gasteiger charge is -2.48. The minimum absolute atomic E-state index is 0.151. The van der Waals surface area contributed by atoms with Crippen LogP contribution in [-0.4, -0.2) is 47.7 Å². The van der Waals surface area contributed by atoms with Gasteiger partial charge in [-0.05, 0) is 25.3 Å². The van der Waals surface area contributed by atoms with Crippen LogP contribution < -0.4 is 0 Å². The van der Waals surface area contributed by atoms with E-state index in [-0.39, 0.29) is 11.2 Å². The molecule has 0 aromatic heterocycles. The van der Waals surface area contributed by atoms with Gasteiger partial charge >= 0.3 is 14.5 Å². The summed E-state index contributed by atoms with van der Waals surface area (Å²) in [6.07, 6.45) is 5.23. The van der Waals surface area contributed by atoms with E-state index >= 15 is 0 Å². The lowest BCUT2D eigenvalue weighted by molar-refractivity contribution is -0.143. The van der Waals surface area contributed by atoms with Gasteiger partial charge in [0.1, 0.15) is 5.22 Å². The Morgan fingerprint density at radius 3 is 2.45 bits per heavy atom. The zero-order chi connectivity index (χ0) is 15.1. The van der Waals surface area contributed by atoms with Gasteiger partial charge in [0.2, 0.25) is 0 Å². The average Bonchev–Trinajstić information content (AvgIpc) is 2.51. The van der Waals surface area contributed by atoms with E-state index in [1.54, 1.807) is 28.3 Å². The van der Waals surface area contributed by atoms with Crippen LogP contribution in [0.1, 0.15) is 45.4 Å². The van der Waals surface area contributed by atoms with Crippen LogP contribution in [0.15, 0.2) is 0 Å². The molecule has 0 saturated carbocycles. The van der Waals surface area contributed by atoms with Gasteiger partial charge in [-0.1, -0.05) is 19.8 Å². The molecule has 1 rings (SSSR count). The van der Waals surface area contributed by atoms with Crippen molar-refractivity contribution in [3.8, 4) is 0 Å². The first-order valence-electron chi connectivity index (χ1n) is 7.41. The van der Waals surface area contributed by atoms with Crippen molar-refractivity contribution in [3.63, 3.8) is 0 Å². The monoisotopic (exact) mass is 304 g/mol. The van der Waals surface area contributed by atoms with Gasteiger partial charge in [0.15, 0.2) is 0 Å². The number of hydrogen-bond donors (Lipinski definition) is 0. The van der Waals surface area contributed by atoms with E-state index in [2.05, 4.69) is 0 Å². The quantitative estimate of drug-likeness (QED) is 0.392. The van der Waals surface area contributed by atoms with E-state index in [1.807, 2.05) is 0 Å². The lowest BCUT2D eigenvalue weighted by Crippen LogP contribution is -2.64. The molecule has 1 atom stereocenters. The maximum absolute atomic E-state index is 11.2. The van der Waals surface area contributed by atoms with E-state index in [1.165, 1.54) is 0 Å². The highest BCUT2D eigenvalue weighted by atomic mass is 28.4. The molecule has 0 aromatic carbocycles. The zero-order valence-corrected chi connectivity index (χ0v) is 14.2. The molecule has 1 heterocycles. The fourth-order valence-electron chi connectivity index (χ4n) is 3.17. The third kappa shape index (κ3) is 3.61. The maximum Gasteiger partial charge on any atom is 0.370 e. The fourth-order valence-corrected chi connectivity index (χ4v) is 7.08. The van der Waals surface area contributed by atoms with Crippen molar-refractivity contribution in [2.24, 2.45) is 0 Å². The number of rotatable bonds is 8. The molecule has 0 aromatic rings. The minimum Gasteiger partial charge on any atom is -0.466 e. The second kappa shape index (κ2) is 8.12. The highest BCUT2D eigenvalue weighted by molar-refractivity contribution is 6.70. The first kappa shape index (κ1) is 17.6. The second-order valence-electron chi connectivity index (χ2n) is 5.24. The number of carbonyl (C=O) groups is 1. The van der Waals surface area contributed by atoms with Gasteiger partial charge < -0.3 is 18.3 Å². The van der Waals surface area contributed by atoms with Crippen molar-refractivity contribution in [3.05, 3.63) is 0 Å². The summed E-state index contributed by atoms with van der Waals surface area (Å²) in [7, 11) is 2.84. The Kier molecular flexibility index (Phi) is 7.15. The van der Waals surface area contributed by atoms with Crippen LogP contribution in [-0.2, 0) is 23.1 Å². The normalized spacial score (nSPS) is 25.4. The molecule has 0 radical (unpaired) electrons. The summed E-state index contributed by atoms with van der Waals surface area (Å²) in [6.45, 7) is 2.24. The Labute approximate surface area is 123 Å². The molecule has 0 bridgehead atoms. The van der Waals surface area contributed by atoms with E-state index in [9.17, 15) is 4.79 Å². The van der Waals surface area contributed by atoms with Gasteiger partial charge in [0.05, 0.1) is 6.61 Å². The first-order chi connectivity index (χ1) is 9.59. The van der Waals surface area contributed by atoms with Gasteiger partial charge in [-0.2, -0.15) is 0 Å². The van der Waals surface area contributed by atoms with Crippen LogP contribution >= 0.6 is 0 Å². The molecular weight excluding hydrogens is 276 g/mol. The van der Waals surface area contributed by atoms with Crippen LogP contribution in [0.5, 0.6) is 0 Å². The van der Waals surface area contributed by atoms with Gasteiger partial charge in [-0.25, -0.2) is 0 Å². The smallest absolute Gasteiger partial charge is 0.370 e. The van der Waals surface area contributed by atoms with Crippen molar-refractivity contribution in [2.45, 2.75) is 56.7 Å². The summed E-state index contributed by atoms with van der Waals surface area (Å²) in [5, 5.41) is -0.326. The molecule has 0 aliphatic carbocycles. The molecule has 0 N–H and O–H groups in total. The molecule has 1 aliphatic rings. The Morgan fingerprint density at radius 1 is 1.20 bits per heavy atom. The topological polar surface area (TPSA) is 54.0 Å². The molecule has 1 aliphatic heterocycles. The summed E-state index contributed by atoms with van der Waals surface area (Å²) >= 11 is 0. The molecule has 0 spiro atoms. The molecule has 0 amide bonds. The highest BCUT2D eigenvalue weighted by Gasteiger charge is 2.58. The molecule has 20 heavy (non-hydrogen) atoms. The Hall–Kier alpha value is -0.433. The molecular formula is C14H28O5Si. The summed E-state index contributed by atoms with van der Waals surface area (Å²) in [5.74, 6) is -0.151. The predicted octanol–water partition coefficient (Wildman–Crippen LogP) is 2.56. The van der Waals surface area contributed by atoms with Crippen molar-refractivity contribution in [2.75, 3.05) is 27.9 Å². The summed E-state index contributed by atoms with van der Waals surface area (Å²) < 4.78 is 22.7. The average molecular weight is 304 g/mol. The molecule has 1 fully saturated rings. The van der Waals surface area contributed by atoms with Crippen molar-refractivity contribution in [1.82, 2.24) is 0 Å². The largest absolute Gasteiger partial charge is 0.466 e. The molecule has 5 nitrogen and oxygen atoms in total. The van der Waals surface area contributed by atoms with Crippen LogP contribution in [0, 0.1) is 0 Å². The zero-order valence-electron chi connectivity index (χ0n) is 13.2. The van der Waals surface area contributed by atoms with Gasteiger partial charge in [-0.3, -0.25) is 4.79 Å². The number of hydrogen-bond acceptors (Lipinski definition) is 5. The Morgan fingerprint density at radius 2 is 1.90 bits per heavy atom. The van der Waals surface area contributed by atoms with E-state index in [0.29, 0.717) is 13.0 Å². The molecule has 1 saturated heterocycles. The van der Waals surface area contributed by atoms with Gasteiger partial charge in [0, 0.05) is 27.8 Å². The van der Waals surface area contributed by atoms with Crippen LogP contribution in [0.25, 0.3) is 0 Å². The van der Waals surface area contributed by atoms with Gasteiger partial charge in [-0.15, -0.1) is 0 Å². The lowest BCUT2D eigenvalue weighted by atomic mass is 10.1. The maximum atomic E-state index is 11.2.